The number of hydrogen-bond donors (Lipinski definition) is 1. The van der Waals surface area contributed by atoms with Crippen molar-refractivity contribution < 1.29 is 4.79 Å². The van der Waals surface area contributed by atoms with Gasteiger partial charge in [0.25, 0.3) is 5.91 Å². The van der Waals surface area contributed by atoms with E-state index in [9.17, 15) is 4.79 Å². The highest BCUT2D eigenvalue weighted by Gasteiger charge is 2.29. The fourth-order valence-corrected chi connectivity index (χ4v) is 3.17. The average Bonchev–Trinajstić information content (AvgIpc) is 2.84. The van der Waals surface area contributed by atoms with Crippen LogP contribution in [0.2, 0.25) is 0 Å². The fraction of sp³-hybridized carbons (Fsp3) is 0.769. The first kappa shape index (κ1) is 14.2. The Bertz CT molecular complexity index is 434. The minimum Gasteiger partial charge on any atom is -0.360 e. The Kier molecular flexibility index (Phi) is 4.74. The van der Waals surface area contributed by atoms with Gasteiger partial charge in [-0.25, -0.2) is 0 Å². The second-order valence-corrected chi connectivity index (χ2v) is 6.29. The van der Waals surface area contributed by atoms with Crippen LogP contribution < -0.4 is 5.32 Å². The Morgan fingerprint density at radius 3 is 2.95 bits per heavy atom. The third-order valence-electron chi connectivity index (χ3n) is 3.53. The molecule has 0 aromatic carbocycles. The van der Waals surface area contributed by atoms with Gasteiger partial charge in [0, 0.05) is 19.1 Å². The molecule has 1 N–H and O–H groups in total. The monoisotopic (exact) mass is 282 g/mol. The topological polar surface area (TPSA) is 58.1 Å². The molecule has 1 aromatic rings. The van der Waals surface area contributed by atoms with Crippen LogP contribution in [0.5, 0.6) is 0 Å². The predicted molar refractivity (Wildman–Crippen MR) is 77.6 cm³/mol. The molecule has 1 aliphatic heterocycles. The van der Waals surface area contributed by atoms with Gasteiger partial charge in [-0.05, 0) is 32.1 Å². The van der Waals surface area contributed by atoms with Crippen LogP contribution >= 0.6 is 11.3 Å². The lowest BCUT2D eigenvalue weighted by Gasteiger charge is -2.35. The average molecular weight is 282 g/mol. The Balaban J connectivity index is 2.00. The van der Waals surface area contributed by atoms with Gasteiger partial charge in [0.2, 0.25) is 10.1 Å². The lowest BCUT2D eigenvalue weighted by Crippen LogP contribution is -2.44. The minimum absolute atomic E-state index is 0.0291. The normalized spacial score (nSPS) is 23.4. The van der Waals surface area contributed by atoms with Crippen LogP contribution in [0.4, 0.5) is 5.13 Å². The van der Waals surface area contributed by atoms with E-state index in [4.69, 9.17) is 0 Å². The third-order valence-corrected chi connectivity index (χ3v) is 4.40. The summed E-state index contributed by atoms with van der Waals surface area (Å²) in [4.78, 5) is 14.3. The minimum atomic E-state index is 0.0291. The predicted octanol–water partition coefficient (Wildman–Crippen LogP) is 2.62. The second kappa shape index (κ2) is 6.32. The van der Waals surface area contributed by atoms with Crippen molar-refractivity contribution in [1.29, 1.82) is 0 Å². The van der Waals surface area contributed by atoms with Gasteiger partial charge in [-0.3, -0.25) is 4.79 Å². The Hall–Kier alpha value is -1.17. The van der Waals surface area contributed by atoms with Crippen LogP contribution in [0.3, 0.4) is 0 Å². The van der Waals surface area contributed by atoms with Gasteiger partial charge in [0.1, 0.15) is 0 Å². The highest BCUT2D eigenvalue weighted by Crippen LogP contribution is 2.25. The zero-order valence-corrected chi connectivity index (χ0v) is 12.7. The van der Waals surface area contributed by atoms with Crippen molar-refractivity contribution in [3.8, 4) is 0 Å². The summed E-state index contributed by atoms with van der Waals surface area (Å²) in [6.45, 7) is 8.15. The van der Waals surface area contributed by atoms with Gasteiger partial charge >= 0.3 is 0 Å². The number of anilines is 1. The van der Waals surface area contributed by atoms with E-state index < -0.39 is 0 Å². The fourth-order valence-electron chi connectivity index (χ4n) is 2.44. The van der Waals surface area contributed by atoms with Crippen molar-refractivity contribution in [2.45, 2.75) is 46.1 Å². The third kappa shape index (κ3) is 3.43. The van der Waals surface area contributed by atoms with Crippen LogP contribution in [0.15, 0.2) is 0 Å². The maximum absolute atomic E-state index is 12.4. The molecule has 0 spiro atoms. The van der Waals surface area contributed by atoms with Gasteiger partial charge in [-0.1, -0.05) is 25.2 Å². The number of nitrogens with zero attached hydrogens (tertiary/aromatic N) is 3. The molecule has 1 saturated heterocycles. The summed E-state index contributed by atoms with van der Waals surface area (Å²) in [5, 5.41) is 12.4. The molecule has 0 aliphatic carbocycles. The molecule has 2 unspecified atom stereocenters. The summed E-state index contributed by atoms with van der Waals surface area (Å²) in [6.07, 6.45) is 3.19. The molecule has 0 bridgehead atoms. The van der Waals surface area contributed by atoms with Gasteiger partial charge in [0.05, 0.1) is 0 Å². The van der Waals surface area contributed by atoms with Crippen LogP contribution in [-0.4, -0.2) is 40.1 Å². The van der Waals surface area contributed by atoms with Gasteiger partial charge < -0.3 is 10.2 Å². The summed E-state index contributed by atoms with van der Waals surface area (Å²) in [5.41, 5.74) is 0. The number of carbonyl (C=O) groups is 1. The van der Waals surface area contributed by atoms with Crippen LogP contribution in [0, 0.1) is 5.92 Å². The first-order chi connectivity index (χ1) is 9.11. The van der Waals surface area contributed by atoms with Crippen LogP contribution in [-0.2, 0) is 0 Å². The number of rotatable bonds is 4. The van der Waals surface area contributed by atoms with Gasteiger partial charge in [-0.15, -0.1) is 10.2 Å². The number of aromatic nitrogens is 2. The SMILES string of the molecule is CCCNc1nnc(C(=O)N2CCC(C)CC2C)s1. The maximum atomic E-state index is 12.4. The van der Waals surface area contributed by atoms with E-state index in [2.05, 4.69) is 36.3 Å². The van der Waals surface area contributed by atoms with E-state index in [0.29, 0.717) is 17.0 Å². The highest BCUT2D eigenvalue weighted by atomic mass is 32.1. The molecule has 0 saturated carbocycles. The smallest absolute Gasteiger partial charge is 0.285 e. The number of nitrogens with one attached hydrogen (secondary N) is 1. The lowest BCUT2D eigenvalue weighted by atomic mass is 9.93. The lowest BCUT2D eigenvalue weighted by molar-refractivity contribution is 0.0587. The quantitative estimate of drug-likeness (QED) is 0.922. The summed E-state index contributed by atoms with van der Waals surface area (Å²) >= 11 is 1.35. The first-order valence-electron chi connectivity index (χ1n) is 7.00. The van der Waals surface area contributed by atoms with Crippen molar-refractivity contribution >= 4 is 22.4 Å². The molecule has 1 aliphatic rings. The highest BCUT2D eigenvalue weighted by molar-refractivity contribution is 7.17. The van der Waals surface area contributed by atoms with E-state index in [1.165, 1.54) is 11.3 Å². The molecular formula is C13H22N4OS. The Labute approximate surface area is 118 Å². The van der Waals surface area contributed by atoms with Crippen LogP contribution in [0.1, 0.15) is 49.8 Å². The molecule has 2 heterocycles. The van der Waals surface area contributed by atoms with E-state index in [-0.39, 0.29) is 5.91 Å². The Morgan fingerprint density at radius 1 is 1.47 bits per heavy atom. The van der Waals surface area contributed by atoms with Crippen LogP contribution in [0.25, 0.3) is 0 Å². The Morgan fingerprint density at radius 2 is 2.26 bits per heavy atom. The number of piperidine rings is 1. The summed E-state index contributed by atoms with van der Waals surface area (Å²) in [7, 11) is 0. The summed E-state index contributed by atoms with van der Waals surface area (Å²) < 4.78 is 0. The molecule has 0 radical (unpaired) electrons. The van der Waals surface area contributed by atoms with Gasteiger partial charge in [0.15, 0.2) is 0 Å². The molecule has 19 heavy (non-hydrogen) atoms. The standard InChI is InChI=1S/C13H22N4OS/c1-4-6-14-13-16-15-11(19-13)12(18)17-7-5-9(2)8-10(17)3/h9-10H,4-8H2,1-3H3,(H,14,16). The van der Waals surface area contributed by atoms with E-state index in [0.717, 1.165) is 37.5 Å². The number of likely N-dealkylation sites (tertiary alicyclic amines) is 1. The van der Waals surface area contributed by atoms with Crippen molar-refractivity contribution in [3.05, 3.63) is 5.01 Å². The molecule has 1 amide bonds. The molecule has 5 nitrogen and oxygen atoms in total. The molecular weight excluding hydrogens is 260 g/mol. The zero-order valence-electron chi connectivity index (χ0n) is 11.8. The van der Waals surface area contributed by atoms with Crippen molar-refractivity contribution in [1.82, 2.24) is 15.1 Å². The molecule has 6 heteroatoms. The van der Waals surface area contributed by atoms with E-state index in [1.807, 2.05) is 4.90 Å². The first-order valence-corrected chi connectivity index (χ1v) is 7.81. The summed E-state index contributed by atoms with van der Waals surface area (Å²) in [5.74, 6) is 0.733. The van der Waals surface area contributed by atoms with Crippen molar-refractivity contribution in [2.24, 2.45) is 5.92 Å². The second-order valence-electron chi connectivity index (χ2n) is 5.32. The van der Waals surface area contributed by atoms with Crippen molar-refractivity contribution in [2.75, 3.05) is 18.4 Å². The largest absolute Gasteiger partial charge is 0.360 e. The van der Waals surface area contributed by atoms with Gasteiger partial charge in [-0.2, -0.15) is 0 Å². The molecule has 106 valence electrons. The number of hydrogen-bond acceptors (Lipinski definition) is 5. The molecule has 2 rings (SSSR count). The molecule has 1 fully saturated rings. The molecule has 1 aromatic heterocycles. The van der Waals surface area contributed by atoms with E-state index >= 15 is 0 Å². The zero-order chi connectivity index (χ0) is 13.8. The number of amides is 1. The summed E-state index contributed by atoms with van der Waals surface area (Å²) in [6, 6.07) is 0.298. The van der Waals surface area contributed by atoms with E-state index in [1.54, 1.807) is 0 Å². The van der Waals surface area contributed by atoms with Crippen molar-refractivity contribution in [3.63, 3.8) is 0 Å². The molecule has 2 atom stereocenters. The number of carbonyl (C=O) groups excluding carboxylic acids is 1. The maximum Gasteiger partial charge on any atom is 0.285 e.